The van der Waals surface area contributed by atoms with E-state index in [-0.39, 0.29) is 12.6 Å². The highest BCUT2D eigenvalue weighted by atomic mass is 28.3. The molecular weight excluding hydrogens is 593 g/mol. The molecule has 0 radical (unpaired) electrons. The van der Waals surface area contributed by atoms with Crippen LogP contribution in [0.4, 0.5) is 10.2 Å². The third kappa shape index (κ3) is 7.67. The molecule has 0 bridgehead atoms. The minimum Gasteiger partial charge on any atom is -0.487 e. The second-order valence-corrected chi connectivity index (χ2v) is 18.0. The molecule has 0 amide bonds. The molecule has 2 N–H and O–H groups in total. The highest BCUT2D eigenvalue weighted by Crippen LogP contribution is 2.35. The van der Waals surface area contributed by atoms with Gasteiger partial charge in [-0.15, -0.1) is 0 Å². The zero-order chi connectivity index (χ0) is 31.4. The van der Waals surface area contributed by atoms with Gasteiger partial charge in [-0.05, 0) is 43.2 Å². The maximum Gasteiger partial charge on any atom is 0.164 e. The summed E-state index contributed by atoms with van der Waals surface area (Å²) in [5.41, 5.74) is 9.24. The van der Waals surface area contributed by atoms with Gasteiger partial charge >= 0.3 is 0 Å². The molecule has 13 heteroatoms. The Hall–Kier alpha value is -4.33. The number of nitrogens with zero attached hydrogens (tertiary/aromatic N) is 6. The topological polar surface area (TPSA) is 124 Å². The molecule has 6 rings (SSSR count). The second-order valence-electron chi connectivity index (χ2n) is 12.4. The number of halogens is 1. The maximum absolute atomic E-state index is 14.5. The summed E-state index contributed by atoms with van der Waals surface area (Å²) in [6.45, 7) is 9.67. The van der Waals surface area contributed by atoms with Gasteiger partial charge in [-0.2, -0.15) is 5.10 Å². The first kappa shape index (κ1) is 30.7. The van der Waals surface area contributed by atoms with E-state index >= 15 is 0 Å². The molecule has 1 fully saturated rings. The van der Waals surface area contributed by atoms with Crippen molar-refractivity contribution >= 4 is 24.9 Å². The van der Waals surface area contributed by atoms with Crippen molar-refractivity contribution in [1.29, 1.82) is 0 Å². The number of nitrogens with two attached hydrogens (primary N) is 1. The van der Waals surface area contributed by atoms with Gasteiger partial charge in [0.05, 0.1) is 23.4 Å². The average Bonchev–Trinajstić information content (AvgIpc) is 3.64. The van der Waals surface area contributed by atoms with E-state index in [1.807, 2.05) is 27.6 Å². The normalized spacial score (nSPS) is 14.2. The summed E-state index contributed by atoms with van der Waals surface area (Å²) in [5, 5.41) is 5.63. The fourth-order valence-corrected chi connectivity index (χ4v) is 5.89. The Labute approximate surface area is 262 Å². The van der Waals surface area contributed by atoms with E-state index in [9.17, 15) is 4.39 Å². The number of aromatic nitrogens is 6. The van der Waals surface area contributed by atoms with Gasteiger partial charge in [-0.25, -0.2) is 24.0 Å². The lowest BCUT2D eigenvalue weighted by Gasteiger charge is -2.22. The van der Waals surface area contributed by atoms with E-state index in [1.165, 1.54) is 18.5 Å². The number of anilines is 1. The molecule has 0 aliphatic carbocycles. The minimum absolute atomic E-state index is 0.172. The molecule has 1 saturated heterocycles. The fraction of sp³-hybridized carbons (Fsp3) is 0.375. The first-order valence-corrected chi connectivity index (χ1v) is 18.8. The highest BCUT2D eigenvalue weighted by Gasteiger charge is 2.24. The van der Waals surface area contributed by atoms with Crippen molar-refractivity contribution in [1.82, 2.24) is 29.3 Å². The zero-order valence-corrected chi connectivity index (χ0v) is 26.8. The van der Waals surface area contributed by atoms with Crippen LogP contribution in [0.1, 0.15) is 24.6 Å². The van der Waals surface area contributed by atoms with Crippen molar-refractivity contribution in [2.45, 2.75) is 57.9 Å². The van der Waals surface area contributed by atoms with Crippen molar-refractivity contribution in [2.24, 2.45) is 0 Å². The van der Waals surface area contributed by atoms with E-state index in [0.717, 1.165) is 31.1 Å². The first-order valence-electron chi connectivity index (χ1n) is 15.1. The predicted octanol–water partition coefficient (Wildman–Crippen LogP) is 6.45. The van der Waals surface area contributed by atoms with Gasteiger partial charge in [-0.3, -0.25) is 0 Å². The summed E-state index contributed by atoms with van der Waals surface area (Å²) in [6, 6.07) is 12.9. The summed E-state index contributed by atoms with van der Waals surface area (Å²) in [6.07, 6.45) is 6.73. The number of hydrogen-bond donors (Lipinski definition) is 1. The van der Waals surface area contributed by atoms with Crippen LogP contribution >= 0.6 is 0 Å². The average molecular weight is 632 g/mol. The van der Waals surface area contributed by atoms with Crippen LogP contribution in [0.15, 0.2) is 61.3 Å². The summed E-state index contributed by atoms with van der Waals surface area (Å²) >= 11 is 0. The van der Waals surface area contributed by atoms with Crippen LogP contribution < -0.4 is 15.2 Å². The maximum atomic E-state index is 14.5. The molecule has 1 aliphatic rings. The number of imidazole rings is 1. The van der Waals surface area contributed by atoms with E-state index in [1.54, 1.807) is 24.5 Å². The predicted molar refractivity (Wildman–Crippen MR) is 171 cm³/mol. The van der Waals surface area contributed by atoms with Gasteiger partial charge in [0, 0.05) is 57.9 Å². The van der Waals surface area contributed by atoms with Crippen LogP contribution in [0.5, 0.6) is 17.2 Å². The van der Waals surface area contributed by atoms with Gasteiger partial charge in [-0.1, -0.05) is 19.6 Å². The van der Waals surface area contributed by atoms with Gasteiger partial charge in [0.25, 0.3) is 0 Å². The van der Waals surface area contributed by atoms with Crippen LogP contribution in [-0.2, 0) is 22.8 Å². The van der Waals surface area contributed by atoms with Crippen LogP contribution in [0, 0.1) is 5.82 Å². The number of nitrogen functional groups attached to an aromatic ring is 1. The molecule has 0 unspecified atom stereocenters. The lowest BCUT2D eigenvalue weighted by Crippen LogP contribution is -2.21. The number of benzene rings is 2. The van der Waals surface area contributed by atoms with E-state index in [4.69, 9.17) is 29.8 Å². The Morgan fingerprint density at radius 2 is 1.78 bits per heavy atom. The third-order valence-corrected chi connectivity index (χ3v) is 9.28. The summed E-state index contributed by atoms with van der Waals surface area (Å²) in [7, 11) is -1.13. The number of rotatable bonds is 12. The quantitative estimate of drug-likeness (QED) is 0.122. The SMILES string of the molecule is C[Si](C)(C)CCOCn1cnc(COc2cc(F)cc(Oc3ccc(-c4nn(C5CCOCC5)c5ncnc(N)c45)cc3)c2)c1. The molecule has 0 atom stereocenters. The second kappa shape index (κ2) is 13.3. The van der Waals surface area contributed by atoms with Crippen LogP contribution in [0.3, 0.4) is 0 Å². The Balaban J connectivity index is 1.11. The molecule has 1 aliphatic heterocycles. The molecule has 11 nitrogen and oxygen atoms in total. The van der Waals surface area contributed by atoms with Crippen LogP contribution in [0.25, 0.3) is 22.3 Å². The monoisotopic (exact) mass is 631 g/mol. The molecule has 5 aromatic rings. The fourth-order valence-electron chi connectivity index (χ4n) is 5.14. The third-order valence-electron chi connectivity index (χ3n) is 7.57. The lowest BCUT2D eigenvalue weighted by molar-refractivity contribution is 0.0674. The van der Waals surface area contributed by atoms with Crippen molar-refractivity contribution in [3.63, 3.8) is 0 Å². The molecule has 0 saturated carbocycles. The standard InChI is InChI=1S/C32H38FN7O4Si/c1-45(2,3)13-12-42-21-39-17-24(37-20-39)18-43-27-14-23(33)15-28(16-27)44-26-6-4-22(5-7-26)30-29-31(34)35-19-36-32(29)40(38-30)25-8-10-41-11-9-25/h4-7,14-17,19-20,25H,8-13,18,21H2,1-3H3,(H2,34,35,36). The smallest absolute Gasteiger partial charge is 0.164 e. The summed E-state index contributed by atoms with van der Waals surface area (Å²) < 4.78 is 41.5. The first-order chi connectivity index (χ1) is 21.7. The zero-order valence-electron chi connectivity index (χ0n) is 25.8. The van der Waals surface area contributed by atoms with Crippen LogP contribution in [-0.4, -0.2) is 57.2 Å². The lowest BCUT2D eigenvalue weighted by atomic mass is 10.1. The Morgan fingerprint density at radius 1 is 1.00 bits per heavy atom. The Morgan fingerprint density at radius 3 is 2.56 bits per heavy atom. The number of ether oxygens (including phenoxy) is 4. The Bertz CT molecular complexity index is 1750. The summed E-state index contributed by atoms with van der Waals surface area (Å²) in [4.78, 5) is 13.1. The molecule has 4 heterocycles. The van der Waals surface area contributed by atoms with Crippen molar-refractivity contribution in [3.05, 3.63) is 72.8 Å². The van der Waals surface area contributed by atoms with Crippen LogP contribution in [0.2, 0.25) is 25.7 Å². The minimum atomic E-state index is -1.13. The molecule has 2 aromatic carbocycles. The molecule has 45 heavy (non-hydrogen) atoms. The van der Waals surface area contributed by atoms with Gasteiger partial charge in [0.2, 0.25) is 0 Å². The Kier molecular flexibility index (Phi) is 9.10. The van der Waals surface area contributed by atoms with Gasteiger partial charge in [0.15, 0.2) is 5.65 Å². The van der Waals surface area contributed by atoms with Crippen molar-refractivity contribution in [2.75, 3.05) is 25.6 Å². The molecular formula is C32H38FN7O4Si. The van der Waals surface area contributed by atoms with E-state index in [2.05, 4.69) is 34.6 Å². The van der Waals surface area contributed by atoms with Crippen molar-refractivity contribution < 1.29 is 23.3 Å². The molecule has 3 aromatic heterocycles. The van der Waals surface area contributed by atoms with E-state index < -0.39 is 13.9 Å². The highest BCUT2D eigenvalue weighted by molar-refractivity contribution is 6.76. The van der Waals surface area contributed by atoms with Crippen molar-refractivity contribution in [3.8, 4) is 28.5 Å². The number of fused-ring (bicyclic) bond motifs is 1. The van der Waals surface area contributed by atoms with E-state index in [0.29, 0.717) is 65.4 Å². The number of hydrogen-bond acceptors (Lipinski definition) is 9. The summed E-state index contributed by atoms with van der Waals surface area (Å²) in [5.74, 6) is 1.08. The largest absolute Gasteiger partial charge is 0.487 e. The molecule has 0 spiro atoms. The van der Waals surface area contributed by atoms with Gasteiger partial charge in [0.1, 0.15) is 54.2 Å². The van der Waals surface area contributed by atoms with Gasteiger partial charge < -0.3 is 29.2 Å². The molecule has 236 valence electrons.